The van der Waals surface area contributed by atoms with E-state index in [1.807, 2.05) is 54.6 Å². The molecule has 0 radical (unpaired) electrons. The molecule has 0 N–H and O–H groups in total. The van der Waals surface area contributed by atoms with Crippen LogP contribution in [-0.2, 0) is 32.6 Å². The molecule has 0 aliphatic carbocycles. The first-order valence-corrected chi connectivity index (χ1v) is 18.2. The van der Waals surface area contributed by atoms with Crippen LogP contribution in [0.2, 0.25) is 0 Å². The van der Waals surface area contributed by atoms with E-state index >= 15 is 0 Å². The fourth-order valence-corrected chi connectivity index (χ4v) is 7.85. The number of fused-ring (bicyclic) bond motifs is 1. The van der Waals surface area contributed by atoms with E-state index in [4.69, 9.17) is 4.74 Å². The summed E-state index contributed by atoms with van der Waals surface area (Å²) in [5, 5.41) is 0. The number of alkyl halides is 3. The molecule has 0 atom stereocenters. The Morgan fingerprint density at radius 2 is 1.21 bits per heavy atom. The Hall–Kier alpha value is -5.72. The molecule has 53 heavy (non-hydrogen) atoms. The average molecular weight is 881 g/mol. The van der Waals surface area contributed by atoms with E-state index in [9.17, 15) is 13.2 Å². The number of halogens is 3. The Morgan fingerprint density at radius 3 is 1.87 bits per heavy atom. The average Bonchev–Trinajstić information content (AvgIpc) is 3.44. The van der Waals surface area contributed by atoms with Crippen LogP contribution in [0.5, 0.6) is 11.6 Å². The standard InChI is InChI=1S/C44H31BF3N3O.Pt/c1-50-30-51(41-24-9-8-23-40(41)50)36-19-10-17-34(28-36)45(35-18-11-20-37(29-35)52-42-27-33(25-26-49-42)44(46,47)48)43-38(31-13-4-2-5-14-31)21-12-22-39(43)32-15-6-3-7-16-32;/h2-29H,1H3;. The SMILES string of the molecule is Cn1[c](=[Pt])n(-c2cccc(B(c3cccc(Oc4cc(C(F)(F)F)ccn4)c3)c3c(-c4ccccc4)cccc3-c3ccccc3)c2)c2ccccc21. The molecule has 8 aromatic rings. The van der Waals surface area contributed by atoms with Gasteiger partial charge in [-0.1, -0.05) is 0 Å². The third-order valence-electron chi connectivity index (χ3n) is 9.41. The number of pyridine rings is 1. The van der Waals surface area contributed by atoms with E-state index < -0.39 is 11.7 Å². The number of imidazole rings is 1. The Labute approximate surface area is 316 Å². The first kappa shape index (κ1) is 34.4. The molecule has 0 saturated carbocycles. The first-order chi connectivity index (χ1) is 25.8. The van der Waals surface area contributed by atoms with E-state index in [1.165, 1.54) is 0 Å². The minimum atomic E-state index is -4.52. The number of benzene rings is 6. The molecule has 2 aromatic heterocycles. The second kappa shape index (κ2) is 14.4. The normalized spacial score (nSPS) is 11.5. The molecule has 9 heteroatoms. The molecule has 0 spiro atoms. The van der Waals surface area contributed by atoms with Gasteiger partial charge in [-0.05, 0) is 6.07 Å². The monoisotopic (exact) mass is 880 g/mol. The van der Waals surface area contributed by atoms with Crippen LogP contribution in [-0.4, -0.2) is 20.8 Å². The number of nitrogens with zero attached hydrogens (tertiary/aromatic N) is 3. The number of aryl methyl sites for hydroxylation is 1. The maximum absolute atomic E-state index is 13.6. The van der Waals surface area contributed by atoms with Gasteiger partial charge >= 0.3 is 287 Å². The van der Waals surface area contributed by atoms with Crippen LogP contribution in [0.1, 0.15) is 5.56 Å². The fraction of sp³-hybridized carbons (Fsp3) is 0.0455. The van der Waals surface area contributed by atoms with Crippen molar-refractivity contribution in [3.05, 3.63) is 179 Å². The van der Waals surface area contributed by atoms with Crippen molar-refractivity contribution in [2.75, 3.05) is 0 Å². The molecule has 6 aromatic carbocycles. The van der Waals surface area contributed by atoms with Crippen molar-refractivity contribution >= 4 is 34.1 Å². The number of para-hydroxylation sites is 2. The molecule has 0 bridgehead atoms. The Morgan fingerprint density at radius 1 is 0.623 bits per heavy atom. The summed E-state index contributed by atoms with van der Waals surface area (Å²) in [6, 6.07) is 53.4. The number of aromatic nitrogens is 3. The topological polar surface area (TPSA) is 32.0 Å². The minimum absolute atomic E-state index is 0.132. The zero-order valence-corrected chi connectivity index (χ0v) is 30.7. The van der Waals surface area contributed by atoms with E-state index in [0.29, 0.717) is 5.75 Å². The fourth-order valence-electron chi connectivity index (χ4n) is 7.01. The van der Waals surface area contributed by atoms with Gasteiger partial charge in [0.2, 0.25) is 0 Å². The third-order valence-corrected chi connectivity index (χ3v) is 10.7. The maximum atomic E-state index is 13.6. The number of rotatable bonds is 8. The van der Waals surface area contributed by atoms with E-state index in [0.717, 1.165) is 77.5 Å². The molecule has 0 unspecified atom stereocenters. The summed E-state index contributed by atoms with van der Waals surface area (Å²) in [6.07, 6.45) is -3.40. The van der Waals surface area contributed by atoms with Gasteiger partial charge < -0.3 is 0 Å². The van der Waals surface area contributed by atoms with Gasteiger partial charge in [0.1, 0.15) is 0 Å². The van der Waals surface area contributed by atoms with Crippen molar-refractivity contribution in [1.29, 1.82) is 0 Å². The van der Waals surface area contributed by atoms with E-state index in [1.54, 1.807) is 6.07 Å². The summed E-state index contributed by atoms with van der Waals surface area (Å²) in [7, 11) is 2.07. The Balaban J connectivity index is 1.37. The quantitative estimate of drug-likeness (QED) is 0.143. The van der Waals surface area contributed by atoms with Gasteiger partial charge in [0, 0.05) is 6.20 Å². The Kier molecular flexibility index (Phi) is 9.32. The van der Waals surface area contributed by atoms with E-state index in [-0.39, 0.29) is 12.6 Å². The van der Waals surface area contributed by atoms with Gasteiger partial charge in [-0.2, -0.15) is 13.2 Å². The van der Waals surface area contributed by atoms with Gasteiger partial charge in [-0.25, -0.2) is 0 Å². The van der Waals surface area contributed by atoms with Crippen LogP contribution in [0.3, 0.4) is 0 Å². The molecule has 4 nitrogen and oxygen atoms in total. The van der Waals surface area contributed by atoms with Crippen molar-refractivity contribution in [3.8, 4) is 39.6 Å². The third kappa shape index (κ3) is 6.83. The molecule has 0 fully saturated rings. The molecule has 0 aliphatic rings. The van der Waals surface area contributed by atoms with Crippen LogP contribution in [0.25, 0.3) is 39.0 Å². The van der Waals surface area contributed by atoms with Gasteiger partial charge in [0.15, 0.2) is 0 Å². The van der Waals surface area contributed by atoms with Crippen molar-refractivity contribution in [3.63, 3.8) is 0 Å². The van der Waals surface area contributed by atoms with Crippen LogP contribution in [0, 0.1) is 3.80 Å². The predicted molar refractivity (Wildman–Crippen MR) is 203 cm³/mol. The number of hydrogen-bond donors (Lipinski definition) is 0. The molecule has 0 aliphatic heterocycles. The summed E-state index contributed by atoms with van der Waals surface area (Å²) in [4.78, 5) is 4.10. The molecule has 2 heterocycles. The molecule has 0 saturated heterocycles. The predicted octanol–water partition coefficient (Wildman–Crippen LogP) is 9.10. The van der Waals surface area contributed by atoms with Gasteiger partial charge in [-0.3, -0.25) is 0 Å². The van der Waals surface area contributed by atoms with Gasteiger partial charge in [-0.15, -0.1) is 0 Å². The van der Waals surface area contributed by atoms with Crippen molar-refractivity contribution in [1.82, 2.24) is 14.1 Å². The van der Waals surface area contributed by atoms with Crippen molar-refractivity contribution in [2.24, 2.45) is 7.05 Å². The molecular formula is C44H31BF3N3OPt. The summed E-state index contributed by atoms with van der Waals surface area (Å²) in [6.45, 7) is -0.326. The summed E-state index contributed by atoms with van der Waals surface area (Å²) < 4.78 is 52.3. The zero-order chi connectivity index (χ0) is 36.5. The molecular weight excluding hydrogens is 849 g/mol. The second-order valence-electron chi connectivity index (χ2n) is 12.7. The number of ether oxygens (including phenoxy) is 1. The van der Waals surface area contributed by atoms with Crippen LogP contribution in [0.4, 0.5) is 13.2 Å². The Bertz CT molecular complexity index is 2580. The summed E-state index contributed by atoms with van der Waals surface area (Å²) in [5.41, 5.74) is 9.71. The first-order valence-electron chi connectivity index (χ1n) is 17.0. The van der Waals surface area contributed by atoms with E-state index in [2.05, 4.69) is 132 Å². The summed E-state index contributed by atoms with van der Waals surface area (Å²) >= 11 is 2.37. The molecule has 262 valence electrons. The van der Waals surface area contributed by atoms with Crippen LogP contribution >= 0.6 is 0 Å². The van der Waals surface area contributed by atoms with Crippen LogP contribution < -0.4 is 21.1 Å². The van der Waals surface area contributed by atoms with Gasteiger partial charge in [0.05, 0.1) is 5.56 Å². The zero-order valence-electron chi connectivity index (χ0n) is 28.4. The van der Waals surface area contributed by atoms with Crippen molar-refractivity contribution in [2.45, 2.75) is 6.18 Å². The van der Waals surface area contributed by atoms with Gasteiger partial charge in [0.25, 0.3) is 0 Å². The van der Waals surface area contributed by atoms with Crippen LogP contribution in [0.15, 0.2) is 170 Å². The number of hydrogen-bond acceptors (Lipinski definition) is 2. The second-order valence-corrected chi connectivity index (χ2v) is 13.7. The summed E-state index contributed by atoms with van der Waals surface area (Å²) in [5.74, 6) is 0.249. The van der Waals surface area contributed by atoms with Crippen molar-refractivity contribution < 1.29 is 37.3 Å². The molecule has 8 rings (SSSR count). The molecule has 0 amide bonds.